The Kier molecular flexibility index (Phi) is 5.99. The molecule has 2 aromatic rings. The lowest BCUT2D eigenvalue weighted by molar-refractivity contribution is -0.113. The zero-order valence-corrected chi connectivity index (χ0v) is 17.3. The average molecular weight is 396 g/mol. The van der Waals surface area contributed by atoms with Crippen molar-refractivity contribution in [1.82, 2.24) is 10.6 Å². The second-order valence-electron chi connectivity index (χ2n) is 7.07. The van der Waals surface area contributed by atoms with E-state index in [1.165, 1.54) is 5.56 Å². The van der Waals surface area contributed by atoms with Gasteiger partial charge in [0.15, 0.2) is 5.11 Å². The summed E-state index contributed by atoms with van der Waals surface area (Å²) in [5.74, 6) is 1.01. The van der Waals surface area contributed by atoms with Crippen LogP contribution >= 0.6 is 12.2 Å². The number of anilines is 1. The number of nitrogens with one attached hydrogen (secondary N) is 3. The van der Waals surface area contributed by atoms with Crippen LogP contribution in [0.1, 0.15) is 43.9 Å². The number of hydrogen-bond acceptors (Lipinski definition) is 3. The molecule has 1 aliphatic rings. The van der Waals surface area contributed by atoms with Crippen LogP contribution < -0.4 is 20.7 Å². The van der Waals surface area contributed by atoms with Crippen LogP contribution in [0.5, 0.6) is 5.75 Å². The van der Waals surface area contributed by atoms with E-state index in [9.17, 15) is 4.79 Å². The minimum absolute atomic E-state index is 0.178. The standard InChI is InChI=1S/C22H25N3O2S/c1-13(2)15-5-7-16(8-6-15)20-19(14(3)23-22(28)25-20)21(26)24-17-9-11-18(27-4)12-10-17/h5-13,20H,1-4H3,(H,24,26)(H2,23,25,28). The molecule has 146 valence electrons. The summed E-state index contributed by atoms with van der Waals surface area (Å²) < 4.78 is 5.16. The Labute approximate surface area is 171 Å². The van der Waals surface area contributed by atoms with Crippen LogP contribution in [-0.4, -0.2) is 18.1 Å². The number of thiocarbonyl (C=S) groups is 1. The summed E-state index contributed by atoms with van der Waals surface area (Å²) in [6.45, 7) is 6.18. The van der Waals surface area contributed by atoms with E-state index in [1.54, 1.807) is 7.11 Å². The van der Waals surface area contributed by atoms with Crippen LogP contribution in [0.25, 0.3) is 0 Å². The Balaban J connectivity index is 1.89. The van der Waals surface area contributed by atoms with Crippen molar-refractivity contribution in [2.24, 2.45) is 0 Å². The van der Waals surface area contributed by atoms with Crippen LogP contribution in [0.15, 0.2) is 59.8 Å². The summed E-state index contributed by atoms with van der Waals surface area (Å²) in [5.41, 5.74) is 4.31. The van der Waals surface area contributed by atoms with E-state index >= 15 is 0 Å². The van der Waals surface area contributed by atoms with Crippen molar-refractivity contribution < 1.29 is 9.53 Å². The van der Waals surface area contributed by atoms with Gasteiger partial charge in [-0.2, -0.15) is 0 Å². The Morgan fingerprint density at radius 2 is 1.75 bits per heavy atom. The summed E-state index contributed by atoms with van der Waals surface area (Å²) in [6.07, 6.45) is 0. The first-order valence-electron chi connectivity index (χ1n) is 9.22. The molecule has 5 nitrogen and oxygen atoms in total. The van der Waals surface area contributed by atoms with Crippen molar-refractivity contribution in [2.75, 3.05) is 12.4 Å². The van der Waals surface area contributed by atoms with Crippen LogP contribution in [-0.2, 0) is 4.79 Å². The minimum Gasteiger partial charge on any atom is -0.497 e. The number of rotatable bonds is 5. The zero-order chi connectivity index (χ0) is 20.3. The molecule has 1 amide bonds. The van der Waals surface area contributed by atoms with Crippen LogP contribution in [0.3, 0.4) is 0 Å². The van der Waals surface area contributed by atoms with Gasteiger partial charge in [-0.05, 0) is 60.5 Å². The largest absolute Gasteiger partial charge is 0.497 e. The van der Waals surface area contributed by atoms with E-state index in [0.717, 1.165) is 17.0 Å². The highest BCUT2D eigenvalue weighted by Gasteiger charge is 2.30. The number of hydrogen-bond donors (Lipinski definition) is 3. The Hall–Kier alpha value is -2.86. The normalized spacial score (nSPS) is 16.5. The summed E-state index contributed by atoms with van der Waals surface area (Å²) >= 11 is 5.32. The lowest BCUT2D eigenvalue weighted by atomic mass is 9.92. The van der Waals surface area contributed by atoms with Crippen molar-refractivity contribution in [1.29, 1.82) is 0 Å². The highest BCUT2D eigenvalue weighted by atomic mass is 32.1. The first-order chi connectivity index (χ1) is 13.4. The van der Waals surface area contributed by atoms with E-state index in [0.29, 0.717) is 22.3 Å². The summed E-state index contributed by atoms with van der Waals surface area (Å²) in [7, 11) is 1.61. The SMILES string of the molecule is COc1ccc(NC(=O)C2=C(C)NC(=S)NC2c2ccc(C(C)C)cc2)cc1. The molecule has 0 fully saturated rings. The molecule has 6 heteroatoms. The number of methoxy groups -OCH3 is 1. The molecule has 1 unspecified atom stereocenters. The molecule has 2 aromatic carbocycles. The van der Waals surface area contributed by atoms with Crippen molar-refractivity contribution in [3.8, 4) is 5.75 Å². The first kappa shape index (κ1) is 19.9. The molecule has 0 saturated heterocycles. The summed E-state index contributed by atoms with van der Waals surface area (Å²) in [6, 6.07) is 15.2. The number of allylic oxidation sites excluding steroid dienone is 1. The molecule has 1 aliphatic heterocycles. The summed E-state index contributed by atoms with van der Waals surface area (Å²) in [4.78, 5) is 13.1. The fourth-order valence-corrected chi connectivity index (χ4v) is 3.46. The second-order valence-corrected chi connectivity index (χ2v) is 7.48. The van der Waals surface area contributed by atoms with Gasteiger partial charge in [-0.1, -0.05) is 38.1 Å². The Morgan fingerprint density at radius 3 is 2.32 bits per heavy atom. The topological polar surface area (TPSA) is 62.4 Å². The third-order valence-corrected chi connectivity index (χ3v) is 5.02. The molecule has 3 rings (SSSR count). The van der Waals surface area contributed by atoms with Gasteiger partial charge >= 0.3 is 0 Å². The van der Waals surface area contributed by atoms with Gasteiger partial charge < -0.3 is 20.7 Å². The maximum Gasteiger partial charge on any atom is 0.255 e. The van der Waals surface area contributed by atoms with Gasteiger partial charge in [0.1, 0.15) is 5.75 Å². The van der Waals surface area contributed by atoms with Gasteiger partial charge in [-0.3, -0.25) is 4.79 Å². The van der Waals surface area contributed by atoms with Gasteiger partial charge in [-0.15, -0.1) is 0 Å². The van der Waals surface area contributed by atoms with Crippen molar-refractivity contribution >= 4 is 28.9 Å². The van der Waals surface area contributed by atoms with Crippen molar-refractivity contribution in [3.63, 3.8) is 0 Å². The molecular weight excluding hydrogens is 370 g/mol. The fraction of sp³-hybridized carbons (Fsp3) is 0.273. The predicted octanol–water partition coefficient (Wildman–Crippen LogP) is 4.25. The van der Waals surface area contributed by atoms with E-state index in [-0.39, 0.29) is 11.9 Å². The molecule has 1 atom stereocenters. The van der Waals surface area contributed by atoms with Gasteiger partial charge in [0.25, 0.3) is 5.91 Å². The number of amides is 1. The Bertz CT molecular complexity index is 902. The molecule has 0 aromatic heterocycles. The third-order valence-electron chi connectivity index (χ3n) is 4.80. The maximum atomic E-state index is 13.1. The fourth-order valence-electron chi connectivity index (χ4n) is 3.19. The molecule has 0 spiro atoms. The lowest BCUT2D eigenvalue weighted by Crippen LogP contribution is -2.45. The highest BCUT2D eigenvalue weighted by Crippen LogP contribution is 2.29. The van der Waals surface area contributed by atoms with E-state index in [2.05, 4.69) is 54.1 Å². The summed E-state index contributed by atoms with van der Waals surface area (Å²) in [5, 5.41) is 9.76. The van der Waals surface area contributed by atoms with Crippen molar-refractivity contribution in [3.05, 3.63) is 70.9 Å². The maximum absolute atomic E-state index is 13.1. The molecule has 0 saturated carbocycles. The third kappa shape index (κ3) is 4.34. The molecule has 3 N–H and O–H groups in total. The van der Waals surface area contributed by atoms with Crippen LogP contribution in [0.2, 0.25) is 0 Å². The van der Waals surface area contributed by atoms with E-state index in [1.807, 2.05) is 31.2 Å². The molecule has 0 radical (unpaired) electrons. The van der Waals surface area contributed by atoms with E-state index in [4.69, 9.17) is 17.0 Å². The zero-order valence-electron chi connectivity index (χ0n) is 16.5. The molecular formula is C22H25N3O2S. The van der Waals surface area contributed by atoms with Crippen molar-refractivity contribution in [2.45, 2.75) is 32.7 Å². The van der Waals surface area contributed by atoms with Crippen LogP contribution in [0, 0.1) is 0 Å². The smallest absolute Gasteiger partial charge is 0.255 e. The lowest BCUT2D eigenvalue weighted by Gasteiger charge is -2.30. The molecule has 0 aliphatic carbocycles. The predicted molar refractivity (Wildman–Crippen MR) is 116 cm³/mol. The molecule has 28 heavy (non-hydrogen) atoms. The monoisotopic (exact) mass is 395 g/mol. The van der Waals surface area contributed by atoms with Gasteiger partial charge in [-0.25, -0.2) is 0 Å². The average Bonchev–Trinajstić information content (AvgIpc) is 2.68. The number of ether oxygens (including phenoxy) is 1. The van der Waals surface area contributed by atoms with E-state index < -0.39 is 0 Å². The van der Waals surface area contributed by atoms with Gasteiger partial charge in [0.2, 0.25) is 0 Å². The second kappa shape index (κ2) is 8.44. The quantitative estimate of drug-likeness (QED) is 0.661. The highest BCUT2D eigenvalue weighted by molar-refractivity contribution is 7.80. The van der Waals surface area contributed by atoms with Gasteiger partial charge in [0, 0.05) is 11.4 Å². The molecule has 1 heterocycles. The minimum atomic E-state index is -0.312. The Morgan fingerprint density at radius 1 is 1.11 bits per heavy atom. The number of benzene rings is 2. The number of carbonyl (C=O) groups is 1. The molecule has 0 bridgehead atoms. The number of carbonyl (C=O) groups excluding carboxylic acids is 1. The van der Waals surface area contributed by atoms with Crippen LogP contribution in [0.4, 0.5) is 5.69 Å². The first-order valence-corrected chi connectivity index (χ1v) is 9.63. The van der Waals surface area contributed by atoms with Gasteiger partial charge in [0.05, 0.1) is 18.7 Å².